The number of hydrogen-bond acceptors (Lipinski definition) is 3. The number of rotatable bonds is 6. The molecule has 1 aromatic heterocycles. The summed E-state index contributed by atoms with van der Waals surface area (Å²) in [7, 11) is 0. The molecule has 0 bridgehead atoms. The van der Waals surface area contributed by atoms with Crippen LogP contribution in [0.15, 0.2) is 39.4 Å². The van der Waals surface area contributed by atoms with Crippen molar-refractivity contribution in [3.63, 3.8) is 0 Å². The lowest BCUT2D eigenvalue weighted by Crippen LogP contribution is -2.10. The maximum absolute atomic E-state index is 5.71. The summed E-state index contributed by atoms with van der Waals surface area (Å²) in [5.74, 6) is 1.69. The predicted molar refractivity (Wildman–Crippen MR) is 79.3 cm³/mol. The molecule has 2 rings (SSSR count). The van der Waals surface area contributed by atoms with Crippen molar-refractivity contribution < 1.29 is 9.15 Å². The number of benzene rings is 1. The fraction of sp³-hybridized carbons (Fsp3) is 0.333. The van der Waals surface area contributed by atoms with E-state index >= 15 is 0 Å². The number of hydrogen-bond donors (Lipinski definition) is 1. The van der Waals surface area contributed by atoms with Gasteiger partial charge in [0.1, 0.15) is 18.1 Å². The summed E-state index contributed by atoms with van der Waals surface area (Å²) in [5, 5.41) is 3.26. The highest BCUT2D eigenvalue weighted by Crippen LogP contribution is 2.22. The molecule has 19 heavy (non-hydrogen) atoms. The second-order valence-electron chi connectivity index (χ2n) is 4.40. The largest absolute Gasteiger partial charge is 0.486 e. The van der Waals surface area contributed by atoms with E-state index in [1.165, 1.54) is 0 Å². The molecule has 1 heterocycles. The molecule has 0 aliphatic heterocycles. The lowest BCUT2D eigenvalue weighted by Gasteiger charge is -2.06. The van der Waals surface area contributed by atoms with Gasteiger partial charge in [0.15, 0.2) is 0 Å². The van der Waals surface area contributed by atoms with Crippen molar-refractivity contribution in [3.05, 3.63) is 51.9 Å². The van der Waals surface area contributed by atoms with Crippen LogP contribution in [0.25, 0.3) is 0 Å². The second kappa shape index (κ2) is 6.78. The van der Waals surface area contributed by atoms with Gasteiger partial charge in [-0.2, -0.15) is 0 Å². The zero-order chi connectivity index (χ0) is 13.7. The summed E-state index contributed by atoms with van der Waals surface area (Å²) in [6.07, 6.45) is 1.77. The smallest absolute Gasteiger partial charge is 0.146 e. The third-order valence-electron chi connectivity index (χ3n) is 2.80. The molecule has 3 nitrogen and oxygen atoms in total. The summed E-state index contributed by atoms with van der Waals surface area (Å²) >= 11 is 3.47. The van der Waals surface area contributed by atoms with Crippen LogP contribution in [0.4, 0.5) is 0 Å². The highest BCUT2D eigenvalue weighted by atomic mass is 79.9. The highest BCUT2D eigenvalue weighted by molar-refractivity contribution is 9.10. The first-order chi connectivity index (χ1) is 9.19. The van der Waals surface area contributed by atoms with Crippen LogP contribution in [0.1, 0.15) is 23.8 Å². The number of halogens is 1. The van der Waals surface area contributed by atoms with Gasteiger partial charge in [-0.3, -0.25) is 0 Å². The lowest BCUT2D eigenvalue weighted by atomic mass is 10.2. The van der Waals surface area contributed by atoms with E-state index in [0.717, 1.165) is 40.2 Å². The molecule has 0 unspecified atom stereocenters. The quantitative estimate of drug-likeness (QED) is 0.871. The summed E-state index contributed by atoms with van der Waals surface area (Å²) in [6, 6.07) is 7.96. The fourth-order valence-corrected chi connectivity index (χ4v) is 1.97. The molecule has 102 valence electrons. The van der Waals surface area contributed by atoms with Crippen LogP contribution in [0.3, 0.4) is 0 Å². The topological polar surface area (TPSA) is 34.4 Å². The Bertz CT molecular complexity index is 537. The molecular formula is C15H18BrNO2. The van der Waals surface area contributed by atoms with Crippen LogP contribution in [0.5, 0.6) is 5.75 Å². The van der Waals surface area contributed by atoms with E-state index in [-0.39, 0.29) is 0 Å². The molecule has 0 saturated carbocycles. The number of furan rings is 1. The Morgan fingerprint density at radius 2 is 2.16 bits per heavy atom. The molecule has 0 fully saturated rings. The Morgan fingerprint density at radius 1 is 1.32 bits per heavy atom. The summed E-state index contributed by atoms with van der Waals surface area (Å²) in [5.41, 5.74) is 2.30. The molecule has 2 aromatic rings. The van der Waals surface area contributed by atoms with Crippen molar-refractivity contribution in [2.24, 2.45) is 0 Å². The predicted octanol–water partition coefficient (Wildman–Crippen LogP) is 4.04. The van der Waals surface area contributed by atoms with Gasteiger partial charge in [-0.05, 0) is 43.3 Å². The van der Waals surface area contributed by atoms with Gasteiger partial charge >= 0.3 is 0 Å². The van der Waals surface area contributed by atoms with Crippen LogP contribution in [-0.4, -0.2) is 6.54 Å². The van der Waals surface area contributed by atoms with E-state index in [9.17, 15) is 0 Å². The van der Waals surface area contributed by atoms with E-state index in [1.54, 1.807) is 6.26 Å². The summed E-state index contributed by atoms with van der Waals surface area (Å²) < 4.78 is 12.3. The number of ether oxygens (including phenoxy) is 1. The van der Waals surface area contributed by atoms with Crippen LogP contribution >= 0.6 is 15.9 Å². The van der Waals surface area contributed by atoms with E-state index in [0.29, 0.717) is 6.61 Å². The third kappa shape index (κ3) is 4.11. The zero-order valence-corrected chi connectivity index (χ0v) is 12.8. The molecule has 0 aliphatic rings. The minimum absolute atomic E-state index is 0.452. The Morgan fingerprint density at radius 3 is 2.89 bits per heavy atom. The van der Waals surface area contributed by atoms with Gasteiger partial charge in [-0.25, -0.2) is 0 Å². The molecule has 0 amide bonds. The van der Waals surface area contributed by atoms with Gasteiger partial charge < -0.3 is 14.5 Å². The van der Waals surface area contributed by atoms with Crippen molar-refractivity contribution in [2.45, 2.75) is 27.0 Å². The molecule has 0 spiro atoms. The van der Waals surface area contributed by atoms with Gasteiger partial charge in [0.2, 0.25) is 0 Å². The van der Waals surface area contributed by atoms with Crippen LogP contribution < -0.4 is 10.1 Å². The van der Waals surface area contributed by atoms with Gasteiger partial charge in [0.25, 0.3) is 0 Å². The third-order valence-corrected chi connectivity index (χ3v) is 3.69. The standard InChI is InChI=1S/C15H18BrNO2/c1-3-17-8-12-7-14(18-9-12)10-19-13-4-5-15(16)11(2)6-13/h4-7,9,17H,3,8,10H2,1-2H3. The van der Waals surface area contributed by atoms with E-state index < -0.39 is 0 Å². The van der Waals surface area contributed by atoms with Gasteiger partial charge in [-0.15, -0.1) is 0 Å². The number of nitrogens with one attached hydrogen (secondary N) is 1. The van der Waals surface area contributed by atoms with Crippen LogP contribution in [-0.2, 0) is 13.2 Å². The molecule has 0 radical (unpaired) electrons. The fourth-order valence-electron chi connectivity index (χ4n) is 1.73. The van der Waals surface area contributed by atoms with Crippen LogP contribution in [0.2, 0.25) is 0 Å². The average molecular weight is 324 g/mol. The first kappa shape index (κ1) is 14.2. The summed E-state index contributed by atoms with van der Waals surface area (Å²) in [6.45, 7) is 6.36. The Kier molecular flexibility index (Phi) is 5.05. The van der Waals surface area contributed by atoms with Crippen molar-refractivity contribution in [3.8, 4) is 5.75 Å². The van der Waals surface area contributed by atoms with E-state index in [1.807, 2.05) is 31.2 Å². The zero-order valence-electron chi connectivity index (χ0n) is 11.2. The SMILES string of the molecule is CCNCc1coc(COc2ccc(Br)c(C)c2)c1. The first-order valence-electron chi connectivity index (χ1n) is 6.35. The minimum Gasteiger partial charge on any atom is -0.486 e. The Labute approximate surface area is 122 Å². The second-order valence-corrected chi connectivity index (χ2v) is 5.26. The van der Waals surface area contributed by atoms with Crippen molar-refractivity contribution in [1.82, 2.24) is 5.32 Å². The average Bonchev–Trinajstić information content (AvgIpc) is 2.86. The van der Waals surface area contributed by atoms with E-state index in [2.05, 4.69) is 28.2 Å². The molecule has 0 atom stereocenters. The van der Waals surface area contributed by atoms with Gasteiger partial charge in [-0.1, -0.05) is 22.9 Å². The normalized spacial score (nSPS) is 10.7. The van der Waals surface area contributed by atoms with E-state index in [4.69, 9.17) is 9.15 Å². The van der Waals surface area contributed by atoms with Gasteiger partial charge in [0, 0.05) is 16.6 Å². The molecule has 4 heteroatoms. The van der Waals surface area contributed by atoms with Crippen molar-refractivity contribution in [2.75, 3.05) is 6.54 Å². The maximum Gasteiger partial charge on any atom is 0.146 e. The number of aryl methyl sites for hydroxylation is 1. The summed E-state index contributed by atoms with van der Waals surface area (Å²) in [4.78, 5) is 0. The molecule has 0 aliphatic carbocycles. The molecule has 1 N–H and O–H groups in total. The van der Waals surface area contributed by atoms with Crippen molar-refractivity contribution >= 4 is 15.9 Å². The first-order valence-corrected chi connectivity index (χ1v) is 7.14. The highest BCUT2D eigenvalue weighted by Gasteiger charge is 2.03. The Balaban J connectivity index is 1.91. The molecule has 1 aromatic carbocycles. The van der Waals surface area contributed by atoms with Crippen molar-refractivity contribution in [1.29, 1.82) is 0 Å². The monoisotopic (exact) mass is 323 g/mol. The van der Waals surface area contributed by atoms with Gasteiger partial charge in [0.05, 0.1) is 6.26 Å². The lowest BCUT2D eigenvalue weighted by molar-refractivity contribution is 0.270. The Hall–Kier alpha value is -1.26. The van der Waals surface area contributed by atoms with Crippen LogP contribution in [0, 0.1) is 6.92 Å². The molecular weight excluding hydrogens is 306 g/mol. The minimum atomic E-state index is 0.452. The maximum atomic E-state index is 5.71. The molecule has 0 saturated heterocycles.